The van der Waals surface area contributed by atoms with Crippen molar-refractivity contribution in [1.29, 1.82) is 0 Å². The molecule has 1 aromatic carbocycles. The molecular weight excluding hydrogens is 368 g/mol. The molecule has 0 bridgehead atoms. The quantitative estimate of drug-likeness (QED) is 0.780. The molecule has 1 aromatic heterocycles. The minimum atomic E-state index is -3.63. The Morgan fingerprint density at radius 1 is 1.07 bits per heavy atom. The summed E-state index contributed by atoms with van der Waals surface area (Å²) in [6, 6.07) is 6.91. The minimum Gasteiger partial charge on any atom is -0.497 e. The summed E-state index contributed by atoms with van der Waals surface area (Å²) in [5.41, 5.74) is 1.67. The van der Waals surface area contributed by atoms with Crippen molar-refractivity contribution in [2.45, 2.75) is 18.7 Å². The molecule has 0 saturated carbocycles. The lowest BCUT2D eigenvalue weighted by Gasteiger charge is -2.34. The number of aromatic nitrogens is 2. The third-order valence-electron chi connectivity index (χ3n) is 4.90. The van der Waals surface area contributed by atoms with E-state index in [1.165, 1.54) is 4.31 Å². The SMILES string of the molecule is COc1ccc(C(=O)N2CCN(S(=O)(=O)c3c(C)nn(C)c3C)CC2)cc1. The largest absolute Gasteiger partial charge is 0.497 e. The Morgan fingerprint density at radius 3 is 2.15 bits per heavy atom. The standard InChI is InChI=1S/C18H24N4O4S/c1-13-17(14(2)20(3)19-13)27(24,25)22-11-9-21(10-12-22)18(23)15-5-7-16(26-4)8-6-15/h5-8H,9-12H2,1-4H3. The average Bonchev–Trinajstić information content (AvgIpc) is 2.93. The van der Waals surface area contributed by atoms with Crippen LogP contribution in [0.3, 0.4) is 0 Å². The zero-order valence-electron chi connectivity index (χ0n) is 16.0. The van der Waals surface area contributed by atoms with Gasteiger partial charge in [0.1, 0.15) is 10.6 Å². The molecule has 3 rings (SSSR count). The van der Waals surface area contributed by atoms with Crippen LogP contribution in [0.1, 0.15) is 21.7 Å². The second kappa shape index (κ2) is 7.32. The van der Waals surface area contributed by atoms with E-state index in [4.69, 9.17) is 4.74 Å². The molecule has 146 valence electrons. The van der Waals surface area contributed by atoms with Crippen LogP contribution >= 0.6 is 0 Å². The molecule has 1 aliphatic rings. The van der Waals surface area contributed by atoms with Crippen molar-refractivity contribution in [3.8, 4) is 5.75 Å². The van der Waals surface area contributed by atoms with Crippen molar-refractivity contribution in [2.75, 3.05) is 33.3 Å². The second-order valence-corrected chi connectivity index (χ2v) is 8.42. The van der Waals surface area contributed by atoms with Gasteiger partial charge in [-0.05, 0) is 38.1 Å². The molecule has 0 atom stereocenters. The zero-order valence-corrected chi connectivity index (χ0v) is 16.8. The Morgan fingerprint density at radius 2 is 1.67 bits per heavy atom. The number of benzene rings is 1. The molecule has 1 aliphatic heterocycles. The first kappa shape index (κ1) is 19.4. The highest BCUT2D eigenvalue weighted by Gasteiger charge is 2.34. The summed E-state index contributed by atoms with van der Waals surface area (Å²) >= 11 is 0. The molecule has 1 amide bonds. The number of sulfonamides is 1. The molecule has 0 N–H and O–H groups in total. The predicted octanol–water partition coefficient (Wildman–Crippen LogP) is 1.19. The van der Waals surface area contributed by atoms with Crippen LogP contribution in [0.25, 0.3) is 0 Å². The van der Waals surface area contributed by atoms with Gasteiger partial charge in [-0.3, -0.25) is 9.48 Å². The highest BCUT2D eigenvalue weighted by atomic mass is 32.2. The number of piperazine rings is 1. The number of nitrogens with zero attached hydrogens (tertiary/aromatic N) is 4. The Kier molecular flexibility index (Phi) is 5.25. The molecule has 0 aliphatic carbocycles. The number of hydrogen-bond donors (Lipinski definition) is 0. The van der Waals surface area contributed by atoms with E-state index in [9.17, 15) is 13.2 Å². The summed E-state index contributed by atoms with van der Waals surface area (Å²) in [7, 11) is -0.329. The van der Waals surface area contributed by atoms with Gasteiger partial charge < -0.3 is 9.64 Å². The smallest absolute Gasteiger partial charge is 0.253 e. The van der Waals surface area contributed by atoms with E-state index in [-0.39, 0.29) is 23.9 Å². The lowest BCUT2D eigenvalue weighted by atomic mass is 10.2. The summed E-state index contributed by atoms with van der Waals surface area (Å²) in [5, 5.41) is 4.20. The van der Waals surface area contributed by atoms with E-state index in [1.54, 1.807) is 61.9 Å². The normalized spacial score (nSPS) is 15.8. The number of amides is 1. The van der Waals surface area contributed by atoms with Gasteiger partial charge in [-0.25, -0.2) is 8.42 Å². The summed E-state index contributed by atoms with van der Waals surface area (Å²) in [5.74, 6) is 0.577. The first-order valence-corrected chi connectivity index (χ1v) is 10.1. The fraction of sp³-hybridized carbons (Fsp3) is 0.444. The van der Waals surface area contributed by atoms with Gasteiger partial charge in [0, 0.05) is 38.8 Å². The first-order chi connectivity index (χ1) is 12.8. The van der Waals surface area contributed by atoms with Gasteiger partial charge in [-0.2, -0.15) is 9.40 Å². The van der Waals surface area contributed by atoms with Crippen molar-refractivity contribution in [3.05, 3.63) is 41.2 Å². The number of hydrogen-bond acceptors (Lipinski definition) is 5. The lowest BCUT2D eigenvalue weighted by molar-refractivity contribution is 0.0698. The molecule has 1 saturated heterocycles. The Labute approximate surface area is 159 Å². The number of carbonyl (C=O) groups is 1. The van der Waals surface area contributed by atoms with Crippen molar-refractivity contribution in [2.24, 2.45) is 7.05 Å². The summed E-state index contributed by atoms with van der Waals surface area (Å²) in [6.07, 6.45) is 0. The summed E-state index contributed by atoms with van der Waals surface area (Å²) < 4.78 is 34.1. The van der Waals surface area contributed by atoms with Crippen molar-refractivity contribution in [1.82, 2.24) is 19.0 Å². The molecule has 2 heterocycles. The van der Waals surface area contributed by atoms with Crippen molar-refractivity contribution >= 4 is 15.9 Å². The summed E-state index contributed by atoms with van der Waals surface area (Å²) in [6.45, 7) is 4.67. The second-order valence-electron chi connectivity index (χ2n) is 6.55. The highest BCUT2D eigenvalue weighted by Crippen LogP contribution is 2.24. The molecule has 2 aromatic rings. The topological polar surface area (TPSA) is 84.7 Å². The van der Waals surface area contributed by atoms with Crippen LogP contribution in [0.5, 0.6) is 5.75 Å². The van der Waals surface area contributed by atoms with Crippen LogP contribution < -0.4 is 4.74 Å². The molecule has 0 unspecified atom stereocenters. The highest BCUT2D eigenvalue weighted by molar-refractivity contribution is 7.89. The molecule has 0 spiro atoms. The van der Waals surface area contributed by atoms with Crippen LogP contribution in [0, 0.1) is 13.8 Å². The van der Waals surface area contributed by atoms with E-state index in [2.05, 4.69) is 5.10 Å². The van der Waals surface area contributed by atoms with Crippen molar-refractivity contribution in [3.63, 3.8) is 0 Å². The predicted molar refractivity (Wildman–Crippen MR) is 100 cm³/mol. The number of carbonyl (C=O) groups excluding carboxylic acids is 1. The molecule has 27 heavy (non-hydrogen) atoms. The van der Waals surface area contributed by atoms with Gasteiger partial charge in [0.25, 0.3) is 5.91 Å². The number of aryl methyl sites for hydroxylation is 2. The minimum absolute atomic E-state index is 0.108. The van der Waals surface area contributed by atoms with Gasteiger partial charge in [0.05, 0.1) is 18.5 Å². The Hall–Kier alpha value is -2.39. The van der Waals surface area contributed by atoms with Gasteiger partial charge >= 0.3 is 0 Å². The maximum atomic E-state index is 13.0. The zero-order chi connectivity index (χ0) is 19.8. The summed E-state index contributed by atoms with van der Waals surface area (Å²) in [4.78, 5) is 14.6. The van der Waals surface area contributed by atoms with E-state index in [0.717, 1.165) is 0 Å². The van der Waals surface area contributed by atoms with Crippen LogP contribution in [0.4, 0.5) is 0 Å². The van der Waals surface area contributed by atoms with Crippen LogP contribution in [0.15, 0.2) is 29.2 Å². The number of rotatable bonds is 4. The van der Waals surface area contributed by atoms with Crippen LogP contribution in [0.2, 0.25) is 0 Å². The van der Waals surface area contributed by atoms with Crippen LogP contribution in [-0.2, 0) is 17.1 Å². The lowest BCUT2D eigenvalue weighted by Crippen LogP contribution is -2.50. The van der Waals surface area contributed by atoms with Crippen molar-refractivity contribution < 1.29 is 17.9 Å². The molecule has 0 radical (unpaired) electrons. The maximum absolute atomic E-state index is 13.0. The molecule has 1 fully saturated rings. The first-order valence-electron chi connectivity index (χ1n) is 8.69. The maximum Gasteiger partial charge on any atom is 0.253 e. The molecular formula is C18H24N4O4S. The number of ether oxygens (including phenoxy) is 1. The third-order valence-corrected chi connectivity index (χ3v) is 7.06. The van der Waals surface area contributed by atoms with Gasteiger partial charge in [-0.15, -0.1) is 0 Å². The van der Waals surface area contributed by atoms with E-state index in [1.807, 2.05) is 0 Å². The molecule has 9 heteroatoms. The average molecular weight is 392 g/mol. The van der Waals surface area contributed by atoms with Gasteiger partial charge in [0.15, 0.2) is 0 Å². The van der Waals surface area contributed by atoms with E-state index < -0.39 is 10.0 Å². The van der Waals surface area contributed by atoms with E-state index >= 15 is 0 Å². The fourth-order valence-electron chi connectivity index (χ4n) is 3.30. The molecule has 8 nitrogen and oxygen atoms in total. The monoisotopic (exact) mass is 392 g/mol. The fourth-order valence-corrected chi connectivity index (χ4v) is 5.13. The third kappa shape index (κ3) is 3.57. The van der Waals surface area contributed by atoms with E-state index in [0.29, 0.717) is 35.8 Å². The van der Waals surface area contributed by atoms with Gasteiger partial charge in [0.2, 0.25) is 10.0 Å². The van der Waals surface area contributed by atoms with Crippen LogP contribution in [-0.4, -0.2) is 66.6 Å². The van der Waals surface area contributed by atoms with Gasteiger partial charge in [-0.1, -0.05) is 0 Å². The number of methoxy groups -OCH3 is 1. The Bertz CT molecular complexity index is 942. The Balaban J connectivity index is 1.71.